The van der Waals surface area contributed by atoms with Crippen LogP contribution in [0.15, 0.2) is 24.4 Å². The summed E-state index contributed by atoms with van der Waals surface area (Å²) in [6, 6.07) is 4.67. The van der Waals surface area contributed by atoms with Crippen LogP contribution in [-0.2, 0) is 6.54 Å². The quantitative estimate of drug-likeness (QED) is 0.580. The number of aryl methyl sites for hydroxylation is 2. The molecule has 0 aliphatic carbocycles. The van der Waals surface area contributed by atoms with Gasteiger partial charge in [-0.25, -0.2) is 14.3 Å². The molecule has 2 rings (SSSR count). The molecule has 1 heterocycles. The summed E-state index contributed by atoms with van der Waals surface area (Å²) in [6.45, 7) is 3.05. The summed E-state index contributed by atoms with van der Waals surface area (Å²) in [6.07, 6.45) is 0.0466. The summed E-state index contributed by atoms with van der Waals surface area (Å²) in [7, 11) is 0. The molecular weight excluding hydrogens is 318 g/mol. The molecule has 0 saturated carbocycles. The zero-order valence-corrected chi connectivity index (χ0v) is 13.2. The van der Waals surface area contributed by atoms with Gasteiger partial charge in [0.25, 0.3) is 0 Å². The van der Waals surface area contributed by atoms with Crippen molar-refractivity contribution in [2.75, 3.05) is 6.61 Å². The van der Waals surface area contributed by atoms with Crippen LogP contribution in [0, 0.1) is 24.0 Å². The average Bonchev–Trinajstić information content (AvgIpc) is 2.87. The first-order chi connectivity index (χ1) is 11.3. The molecule has 0 amide bonds. The molecule has 128 valence electrons. The van der Waals surface area contributed by atoms with Gasteiger partial charge in [0, 0.05) is 6.92 Å². The van der Waals surface area contributed by atoms with E-state index >= 15 is 0 Å². The van der Waals surface area contributed by atoms with Crippen molar-refractivity contribution in [3.8, 4) is 5.75 Å². The molecule has 1 aromatic carbocycles. The lowest BCUT2D eigenvalue weighted by Crippen LogP contribution is -2.25. The van der Waals surface area contributed by atoms with Crippen LogP contribution in [-0.4, -0.2) is 43.4 Å². The number of aliphatic hydroxyl groups is 1. The van der Waals surface area contributed by atoms with Crippen LogP contribution < -0.4 is 4.74 Å². The summed E-state index contributed by atoms with van der Waals surface area (Å²) in [5.41, 5.74) is 0.761. The molecule has 0 fully saturated rings. The van der Waals surface area contributed by atoms with Crippen molar-refractivity contribution in [1.29, 1.82) is 0 Å². The zero-order chi connectivity index (χ0) is 17.9. The summed E-state index contributed by atoms with van der Waals surface area (Å²) in [4.78, 5) is 25.4. The molecule has 2 N–H and O–H groups in total. The number of ether oxygens (including phenoxy) is 1. The van der Waals surface area contributed by atoms with Crippen LogP contribution >= 0.6 is 0 Å². The molecule has 0 spiro atoms. The highest BCUT2D eigenvalue weighted by atomic mass is 16.6. The molecule has 0 bridgehead atoms. The van der Waals surface area contributed by atoms with Crippen molar-refractivity contribution in [2.24, 2.45) is 0 Å². The van der Waals surface area contributed by atoms with E-state index in [2.05, 4.69) is 4.98 Å². The number of hydrogen-bond acceptors (Lipinski definition) is 6. The fourth-order valence-corrected chi connectivity index (χ4v) is 2.21. The van der Waals surface area contributed by atoms with Gasteiger partial charge >= 0.3 is 11.8 Å². The number of aliphatic hydroxyl groups excluding tert-OH is 1. The van der Waals surface area contributed by atoms with Crippen molar-refractivity contribution in [3.05, 3.63) is 51.5 Å². The van der Waals surface area contributed by atoms with E-state index in [0.29, 0.717) is 5.82 Å². The lowest BCUT2D eigenvalue weighted by Gasteiger charge is -2.14. The maximum Gasteiger partial charge on any atom is 0.342 e. The van der Waals surface area contributed by atoms with E-state index in [9.17, 15) is 20.0 Å². The van der Waals surface area contributed by atoms with Gasteiger partial charge in [0.05, 0.1) is 0 Å². The van der Waals surface area contributed by atoms with E-state index in [1.54, 1.807) is 19.9 Å². The van der Waals surface area contributed by atoms with Gasteiger partial charge < -0.3 is 25.1 Å². The second-order valence-corrected chi connectivity index (χ2v) is 5.30. The summed E-state index contributed by atoms with van der Waals surface area (Å²) in [5, 5.41) is 30.1. The van der Waals surface area contributed by atoms with Gasteiger partial charge in [-0.05, 0) is 24.0 Å². The predicted molar refractivity (Wildman–Crippen MR) is 83.3 cm³/mol. The molecule has 9 heteroatoms. The van der Waals surface area contributed by atoms with Gasteiger partial charge in [0.1, 0.15) is 36.8 Å². The molecular formula is C15H17N3O6. The largest absolute Gasteiger partial charge is 0.490 e. The Labute approximate surface area is 137 Å². The highest BCUT2D eigenvalue weighted by Gasteiger charge is 2.21. The zero-order valence-electron chi connectivity index (χ0n) is 13.2. The molecule has 0 radical (unpaired) electrons. The van der Waals surface area contributed by atoms with Gasteiger partial charge in [-0.3, -0.25) is 0 Å². The van der Waals surface area contributed by atoms with Crippen molar-refractivity contribution in [2.45, 2.75) is 26.5 Å². The summed E-state index contributed by atoms with van der Waals surface area (Å²) < 4.78 is 6.63. The lowest BCUT2D eigenvalue weighted by atomic mass is 10.1. The minimum absolute atomic E-state index is 0.00741. The van der Waals surface area contributed by atoms with Crippen LogP contribution in [0.1, 0.15) is 21.7 Å². The molecule has 0 aliphatic rings. The second kappa shape index (κ2) is 7.09. The number of carboxylic acid groups (broad SMARTS) is 1. The summed E-state index contributed by atoms with van der Waals surface area (Å²) >= 11 is 0. The van der Waals surface area contributed by atoms with Crippen LogP contribution in [0.3, 0.4) is 0 Å². The second-order valence-electron chi connectivity index (χ2n) is 5.30. The predicted octanol–water partition coefficient (Wildman–Crippen LogP) is 1.55. The number of benzene rings is 1. The smallest absolute Gasteiger partial charge is 0.342 e. The number of aromatic nitrogens is 2. The van der Waals surface area contributed by atoms with Crippen LogP contribution in [0.4, 0.5) is 5.82 Å². The molecule has 1 aromatic heterocycles. The molecule has 0 saturated heterocycles. The number of aromatic carboxylic acids is 1. The van der Waals surface area contributed by atoms with Gasteiger partial charge in [-0.15, -0.1) is 0 Å². The van der Waals surface area contributed by atoms with Crippen LogP contribution in [0.5, 0.6) is 5.75 Å². The van der Waals surface area contributed by atoms with Crippen molar-refractivity contribution in [3.63, 3.8) is 0 Å². The number of rotatable bonds is 7. The Kier molecular flexibility index (Phi) is 5.14. The van der Waals surface area contributed by atoms with E-state index in [0.717, 1.165) is 11.8 Å². The SMILES string of the molecule is Cc1ccc(OCC(O)Cn2c([N+](=O)[O-])cnc2C)c(C(=O)O)c1. The molecule has 2 aromatic rings. The van der Waals surface area contributed by atoms with Crippen molar-refractivity contribution in [1.82, 2.24) is 9.55 Å². The minimum Gasteiger partial charge on any atom is -0.490 e. The van der Waals surface area contributed by atoms with E-state index in [1.807, 2.05) is 0 Å². The lowest BCUT2D eigenvalue weighted by molar-refractivity contribution is -0.392. The number of carboxylic acids is 1. The number of carbonyl (C=O) groups is 1. The average molecular weight is 335 g/mol. The maximum absolute atomic E-state index is 11.2. The first kappa shape index (κ1) is 17.4. The standard InChI is InChI=1S/C15H17N3O6/c1-9-3-4-13(12(5-9)15(20)21)24-8-11(19)7-17-10(2)16-6-14(17)18(22)23/h3-6,11,19H,7-8H2,1-2H3,(H,20,21). The first-order valence-electron chi connectivity index (χ1n) is 7.11. The Hall–Kier alpha value is -2.94. The Bertz CT molecular complexity index is 771. The Morgan fingerprint density at radius 2 is 2.17 bits per heavy atom. The van der Waals surface area contributed by atoms with Gasteiger partial charge in [-0.2, -0.15) is 0 Å². The molecule has 9 nitrogen and oxygen atoms in total. The number of hydrogen-bond donors (Lipinski definition) is 2. The van der Waals surface area contributed by atoms with E-state index in [4.69, 9.17) is 9.84 Å². The van der Waals surface area contributed by atoms with E-state index in [-0.39, 0.29) is 30.3 Å². The first-order valence-corrected chi connectivity index (χ1v) is 7.11. The fourth-order valence-electron chi connectivity index (χ4n) is 2.21. The third-order valence-corrected chi connectivity index (χ3v) is 3.41. The van der Waals surface area contributed by atoms with Gasteiger partial charge in [-0.1, -0.05) is 11.6 Å². The van der Waals surface area contributed by atoms with Crippen LogP contribution in [0.2, 0.25) is 0 Å². The third-order valence-electron chi connectivity index (χ3n) is 3.41. The molecule has 24 heavy (non-hydrogen) atoms. The maximum atomic E-state index is 11.2. The number of nitrogens with zero attached hydrogens (tertiary/aromatic N) is 3. The Morgan fingerprint density at radius 1 is 1.46 bits per heavy atom. The Balaban J connectivity index is 2.07. The van der Waals surface area contributed by atoms with Crippen molar-refractivity contribution < 1.29 is 24.7 Å². The molecule has 1 unspecified atom stereocenters. The normalized spacial score (nSPS) is 12.0. The topological polar surface area (TPSA) is 128 Å². The highest BCUT2D eigenvalue weighted by molar-refractivity contribution is 5.91. The fraction of sp³-hybridized carbons (Fsp3) is 0.333. The molecule has 1 atom stereocenters. The molecule has 0 aliphatic heterocycles. The third kappa shape index (κ3) is 3.87. The van der Waals surface area contributed by atoms with Crippen molar-refractivity contribution >= 4 is 11.8 Å². The number of imidazole rings is 1. The number of nitro groups is 1. The minimum atomic E-state index is -1.13. The monoisotopic (exact) mass is 335 g/mol. The van der Waals surface area contributed by atoms with E-state index in [1.165, 1.54) is 16.7 Å². The highest BCUT2D eigenvalue weighted by Crippen LogP contribution is 2.21. The van der Waals surface area contributed by atoms with Gasteiger partial charge in [0.15, 0.2) is 5.82 Å². The van der Waals surface area contributed by atoms with Crippen LogP contribution in [0.25, 0.3) is 0 Å². The Morgan fingerprint density at radius 3 is 2.79 bits per heavy atom. The van der Waals surface area contributed by atoms with E-state index < -0.39 is 17.0 Å². The summed E-state index contributed by atoms with van der Waals surface area (Å²) in [5.74, 6) is -0.844. The van der Waals surface area contributed by atoms with Gasteiger partial charge in [0.2, 0.25) is 0 Å².